The van der Waals surface area contributed by atoms with Crippen LogP contribution in [0.5, 0.6) is 0 Å². The van der Waals surface area contributed by atoms with Crippen molar-refractivity contribution in [3.8, 4) is 0 Å². The van der Waals surface area contributed by atoms with Gasteiger partial charge in [0.05, 0.1) is 5.57 Å². The molecule has 30 heavy (non-hydrogen) atoms. The zero-order valence-electron chi connectivity index (χ0n) is 16.9. The van der Waals surface area contributed by atoms with Crippen LogP contribution in [0.2, 0.25) is 5.02 Å². The summed E-state index contributed by atoms with van der Waals surface area (Å²) in [4.78, 5) is 13.0. The Kier molecular flexibility index (Phi) is 5.50. The molecule has 0 aliphatic carbocycles. The maximum Gasteiger partial charge on any atom is 0.341 e. The highest BCUT2D eigenvalue weighted by molar-refractivity contribution is 6.30. The van der Waals surface area contributed by atoms with Gasteiger partial charge in [-0.25, -0.2) is 4.79 Å². The van der Waals surface area contributed by atoms with Crippen molar-refractivity contribution in [2.24, 2.45) is 0 Å². The first-order valence-corrected chi connectivity index (χ1v) is 10.4. The number of ether oxygens (including phenoxy) is 1. The van der Waals surface area contributed by atoms with Gasteiger partial charge >= 0.3 is 5.97 Å². The van der Waals surface area contributed by atoms with E-state index in [0.717, 1.165) is 11.1 Å². The topological polar surface area (TPSA) is 46.5 Å². The van der Waals surface area contributed by atoms with Crippen molar-refractivity contribution in [1.29, 1.82) is 0 Å². The first-order chi connectivity index (χ1) is 14.4. The van der Waals surface area contributed by atoms with Crippen LogP contribution < -0.4 is 0 Å². The standard InChI is InChI=1S/C26H23ClO3/c1-17(2)19-8-10-20(11-9-19)24-23(16-18-6-4-3-5-7-18)26(29,30-25(24)28)21-12-14-22(27)15-13-21/h3-15,17,29H,16H2,1-2H3. The molecule has 152 valence electrons. The zero-order chi connectivity index (χ0) is 21.3. The second-order valence-electron chi connectivity index (χ2n) is 7.83. The summed E-state index contributed by atoms with van der Waals surface area (Å²) in [7, 11) is 0. The Hall–Kier alpha value is -2.88. The van der Waals surface area contributed by atoms with Crippen LogP contribution in [0, 0.1) is 0 Å². The number of hydrogen-bond acceptors (Lipinski definition) is 3. The minimum absolute atomic E-state index is 0.382. The molecule has 1 heterocycles. The van der Waals surface area contributed by atoms with Gasteiger partial charge in [0.15, 0.2) is 0 Å². The average molecular weight is 419 g/mol. The molecule has 0 radical (unpaired) electrons. The summed E-state index contributed by atoms with van der Waals surface area (Å²) in [5, 5.41) is 12.1. The first-order valence-electron chi connectivity index (χ1n) is 9.98. The van der Waals surface area contributed by atoms with Crippen LogP contribution >= 0.6 is 11.6 Å². The van der Waals surface area contributed by atoms with Crippen molar-refractivity contribution in [2.75, 3.05) is 0 Å². The SMILES string of the molecule is CC(C)c1ccc(C2=C(Cc3ccccc3)C(O)(c3ccc(Cl)cc3)OC2=O)cc1. The van der Waals surface area contributed by atoms with E-state index in [9.17, 15) is 9.90 Å². The first kappa shape index (κ1) is 20.4. The maximum atomic E-state index is 13.0. The fraction of sp³-hybridized carbons (Fsp3) is 0.192. The van der Waals surface area contributed by atoms with Gasteiger partial charge in [-0.15, -0.1) is 0 Å². The summed E-state index contributed by atoms with van der Waals surface area (Å²) in [6.45, 7) is 4.25. The predicted octanol–water partition coefficient (Wildman–Crippen LogP) is 5.86. The van der Waals surface area contributed by atoms with Gasteiger partial charge < -0.3 is 9.84 Å². The van der Waals surface area contributed by atoms with E-state index in [4.69, 9.17) is 16.3 Å². The van der Waals surface area contributed by atoms with Crippen LogP contribution in [0.25, 0.3) is 5.57 Å². The molecule has 0 amide bonds. The molecule has 0 bridgehead atoms. The van der Waals surface area contributed by atoms with Gasteiger partial charge in [-0.05, 0) is 34.7 Å². The average Bonchev–Trinajstić information content (AvgIpc) is 2.99. The molecule has 3 aromatic carbocycles. The van der Waals surface area contributed by atoms with E-state index in [2.05, 4.69) is 13.8 Å². The molecule has 3 nitrogen and oxygen atoms in total. The van der Waals surface area contributed by atoms with Gasteiger partial charge in [0.1, 0.15) is 0 Å². The lowest BCUT2D eigenvalue weighted by Gasteiger charge is -2.25. The molecule has 1 unspecified atom stereocenters. The van der Waals surface area contributed by atoms with Gasteiger partial charge in [0.2, 0.25) is 0 Å². The fourth-order valence-electron chi connectivity index (χ4n) is 3.78. The third-order valence-corrected chi connectivity index (χ3v) is 5.73. The Balaban J connectivity index is 1.87. The van der Waals surface area contributed by atoms with Crippen molar-refractivity contribution < 1.29 is 14.6 Å². The minimum Gasteiger partial charge on any atom is -0.421 e. The Morgan fingerprint density at radius 1 is 0.933 bits per heavy atom. The summed E-state index contributed by atoms with van der Waals surface area (Å²) < 4.78 is 5.60. The van der Waals surface area contributed by atoms with Gasteiger partial charge in [0.25, 0.3) is 5.79 Å². The fourth-order valence-corrected chi connectivity index (χ4v) is 3.91. The highest BCUT2D eigenvalue weighted by Gasteiger charge is 2.48. The molecule has 4 heteroatoms. The molecule has 1 N–H and O–H groups in total. The quantitative estimate of drug-likeness (QED) is 0.527. The smallest absolute Gasteiger partial charge is 0.341 e. The molecule has 0 aromatic heterocycles. The summed E-state index contributed by atoms with van der Waals surface area (Å²) in [5.41, 5.74) is 4.31. The summed E-state index contributed by atoms with van der Waals surface area (Å²) in [6.07, 6.45) is 0.382. The lowest BCUT2D eigenvalue weighted by molar-refractivity contribution is -0.185. The highest BCUT2D eigenvalue weighted by atomic mass is 35.5. The molecule has 3 aromatic rings. The molecule has 0 fully saturated rings. The van der Waals surface area contributed by atoms with Crippen LogP contribution in [0.3, 0.4) is 0 Å². The molecule has 0 spiro atoms. The molecular weight excluding hydrogens is 396 g/mol. The van der Waals surface area contributed by atoms with E-state index in [-0.39, 0.29) is 0 Å². The Bertz CT molecular complexity index is 1080. The third-order valence-electron chi connectivity index (χ3n) is 5.48. The van der Waals surface area contributed by atoms with E-state index in [0.29, 0.717) is 34.1 Å². The van der Waals surface area contributed by atoms with E-state index in [1.54, 1.807) is 24.3 Å². The van der Waals surface area contributed by atoms with Crippen molar-refractivity contribution in [3.05, 3.63) is 112 Å². The van der Waals surface area contributed by atoms with E-state index in [1.807, 2.05) is 54.6 Å². The second kappa shape index (κ2) is 8.10. The number of hydrogen-bond donors (Lipinski definition) is 1. The molecule has 0 saturated heterocycles. The van der Waals surface area contributed by atoms with Crippen LogP contribution in [-0.2, 0) is 21.7 Å². The van der Waals surface area contributed by atoms with E-state index >= 15 is 0 Å². The third kappa shape index (κ3) is 3.79. The van der Waals surface area contributed by atoms with Gasteiger partial charge in [-0.2, -0.15) is 0 Å². The number of esters is 1. The summed E-state index contributed by atoms with van der Waals surface area (Å²) in [5.74, 6) is -1.99. The number of halogens is 1. The number of benzene rings is 3. The monoisotopic (exact) mass is 418 g/mol. The van der Waals surface area contributed by atoms with Crippen LogP contribution in [0.1, 0.15) is 42.0 Å². The number of aliphatic hydroxyl groups is 1. The van der Waals surface area contributed by atoms with Gasteiger partial charge in [0, 0.05) is 22.6 Å². The van der Waals surface area contributed by atoms with Crippen molar-refractivity contribution in [3.63, 3.8) is 0 Å². The second-order valence-corrected chi connectivity index (χ2v) is 8.27. The Morgan fingerprint density at radius 3 is 2.17 bits per heavy atom. The van der Waals surface area contributed by atoms with E-state index in [1.165, 1.54) is 5.56 Å². The molecule has 4 rings (SSSR count). The lowest BCUT2D eigenvalue weighted by Crippen LogP contribution is -2.29. The van der Waals surface area contributed by atoms with Gasteiger partial charge in [-0.1, -0.05) is 92.2 Å². The van der Waals surface area contributed by atoms with Crippen LogP contribution in [-0.4, -0.2) is 11.1 Å². The summed E-state index contributed by atoms with van der Waals surface area (Å²) in [6, 6.07) is 24.3. The van der Waals surface area contributed by atoms with Crippen molar-refractivity contribution in [2.45, 2.75) is 32.0 Å². The Labute approximate surface area is 181 Å². The van der Waals surface area contributed by atoms with Gasteiger partial charge in [-0.3, -0.25) is 0 Å². The van der Waals surface area contributed by atoms with Crippen molar-refractivity contribution in [1.82, 2.24) is 0 Å². The normalized spacial score (nSPS) is 18.8. The predicted molar refractivity (Wildman–Crippen MR) is 119 cm³/mol. The number of rotatable bonds is 5. The number of carbonyl (C=O) groups is 1. The number of cyclic esters (lactones) is 1. The van der Waals surface area contributed by atoms with Crippen LogP contribution in [0.15, 0.2) is 84.4 Å². The highest BCUT2D eigenvalue weighted by Crippen LogP contribution is 2.44. The van der Waals surface area contributed by atoms with Crippen molar-refractivity contribution >= 4 is 23.1 Å². The zero-order valence-corrected chi connectivity index (χ0v) is 17.7. The molecule has 0 saturated carbocycles. The lowest BCUT2D eigenvalue weighted by atomic mass is 9.87. The molecule has 1 aliphatic rings. The molecule has 1 atom stereocenters. The number of carbonyl (C=O) groups excluding carboxylic acids is 1. The van der Waals surface area contributed by atoms with E-state index < -0.39 is 11.8 Å². The largest absolute Gasteiger partial charge is 0.421 e. The van der Waals surface area contributed by atoms with Crippen LogP contribution in [0.4, 0.5) is 0 Å². The summed E-state index contributed by atoms with van der Waals surface area (Å²) >= 11 is 6.02. The molecule has 1 aliphatic heterocycles. The maximum absolute atomic E-state index is 13.0. The minimum atomic E-state index is -1.84. The Morgan fingerprint density at radius 2 is 1.57 bits per heavy atom. The molecular formula is C26H23ClO3.